The Bertz CT molecular complexity index is 581. The number of hydrogen-bond acceptors (Lipinski definition) is 2. The topological polar surface area (TPSA) is 21.3 Å². The Kier molecular flexibility index (Phi) is 6.84. The van der Waals surface area contributed by atoms with Gasteiger partial charge in [0.2, 0.25) is 0 Å². The van der Waals surface area contributed by atoms with E-state index in [-0.39, 0.29) is 6.10 Å². The molecule has 2 rings (SSSR count). The lowest BCUT2D eigenvalue weighted by Crippen LogP contribution is -2.33. The molecule has 0 bridgehead atoms. The number of halogens is 1. The van der Waals surface area contributed by atoms with E-state index in [2.05, 4.69) is 67.4 Å². The van der Waals surface area contributed by atoms with E-state index in [4.69, 9.17) is 16.0 Å². The number of nitrogens with one attached hydrogen (secondary N) is 1. The van der Waals surface area contributed by atoms with E-state index in [1.54, 1.807) is 0 Å². The summed E-state index contributed by atoms with van der Waals surface area (Å²) in [6.45, 7) is 8.43. The fraction of sp³-hybridized carbons (Fsp3) is 0.368. The summed E-state index contributed by atoms with van der Waals surface area (Å²) in [4.78, 5) is 0. The highest BCUT2D eigenvalue weighted by atomic mass is 35.5. The van der Waals surface area contributed by atoms with Crippen molar-refractivity contribution in [2.24, 2.45) is 0 Å². The van der Waals surface area contributed by atoms with Crippen molar-refractivity contribution in [2.45, 2.75) is 32.2 Å². The Morgan fingerprint density at radius 2 is 1.65 bits per heavy atom. The van der Waals surface area contributed by atoms with E-state index in [0.717, 1.165) is 24.5 Å². The number of hydrogen-bond donors (Lipinski definition) is 1. The molecular formula is C19H26ClNOSi. The third-order valence-electron chi connectivity index (χ3n) is 3.50. The Morgan fingerprint density at radius 1 is 1.00 bits per heavy atom. The van der Waals surface area contributed by atoms with E-state index < -0.39 is 8.32 Å². The Morgan fingerprint density at radius 3 is 2.26 bits per heavy atom. The maximum atomic E-state index is 6.35. The molecule has 4 heteroatoms. The number of rotatable bonds is 8. The zero-order valence-electron chi connectivity index (χ0n) is 14.2. The smallest absolute Gasteiger partial charge is 0.184 e. The van der Waals surface area contributed by atoms with Crippen molar-refractivity contribution < 1.29 is 4.43 Å². The Labute approximate surface area is 146 Å². The van der Waals surface area contributed by atoms with Gasteiger partial charge in [0.25, 0.3) is 0 Å². The molecule has 0 saturated heterocycles. The molecule has 0 aliphatic carbocycles. The van der Waals surface area contributed by atoms with Gasteiger partial charge in [0.15, 0.2) is 8.32 Å². The summed E-state index contributed by atoms with van der Waals surface area (Å²) in [5.74, 6) is 0. The molecule has 1 N–H and O–H groups in total. The minimum Gasteiger partial charge on any atom is -0.409 e. The first-order valence-corrected chi connectivity index (χ1v) is 11.9. The Balaban J connectivity index is 1.91. The fourth-order valence-electron chi connectivity index (χ4n) is 2.44. The van der Waals surface area contributed by atoms with Crippen molar-refractivity contribution >= 4 is 19.9 Å². The summed E-state index contributed by atoms with van der Waals surface area (Å²) in [6.07, 6.45) is 1.11. The molecular weight excluding hydrogens is 322 g/mol. The van der Waals surface area contributed by atoms with Crippen LogP contribution in [0.25, 0.3) is 0 Å². The molecule has 23 heavy (non-hydrogen) atoms. The Hall–Kier alpha value is -1.13. The van der Waals surface area contributed by atoms with Crippen LogP contribution in [0.1, 0.15) is 17.2 Å². The first-order valence-electron chi connectivity index (χ1n) is 8.12. The van der Waals surface area contributed by atoms with E-state index in [0.29, 0.717) is 0 Å². The summed E-state index contributed by atoms with van der Waals surface area (Å²) in [6, 6.07) is 18.5. The minimum atomic E-state index is -1.61. The number of benzene rings is 2. The molecule has 0 amide bonds. The summed E-state index contributed by atoms with van der Waals surface area (Å²) >= 11 is 6.00. The molecule has 0 fully saturated rings. The quantitative estimate of drug-likeness (QED) is 0.532. The average molecular weight is 348 g/mol. The fourth-order valence-corrected chi connectivity index (χ4v) is 3.64. The predicted octanol–water partition coefficient (Wildman–Crippen LogP) is 5.06. The van der Waals surface area contributed by atoms with Crippen LogP contribution < -0.4 is 5.32 Å². The highest BCUT2D eigenvalue weighted by Gasteiger charge is 2.22. The first kappa shape index (κ1) is 18.2. The van der Waals surface area contributed by atoms with E-state index >= 15 is 0 Å². The SMILES string of the molecule is C[Si](C)(C)O[C@H](CNCCc1ccccc1)c1ccc(Cl)cc1. The summed E-state index contributed by atoms with van der Waals surface area (Å²) in [5, 5.41) is 4.30. The second-order valence-electron chi connectivity index (χ2n) is 6.71. The molecule has 0 heterocycles. The van der Waals surface area contributed by atoms with Gasteiger partial charge < -0.3 is 9.74 Å². The van der Waals surface area contributed by atoms with Gasteiger partial charge >= 0.3 is 0 Å². The average Bonchev–Trinajstić information content (AvgIpc) is 2.51. The second kappa shape index (κ2) is 8.64. The highest BCUT2D eigenvalue weighted by molar-refractivity contribution is 6.69. The summed E-state index contributed by atoms with van der Waals surface area (Å²) in [5.41, 5.74) is 2.54. The lowest BCUT2D eigenvalue weighted by atomic mass is 10.1. The lowest BCUT2D eigenvalue weighted by molar-refractivity contribution is 0.194. The lowest BCUT2D eigenvalue weighted by Gasteiger charge is -2.27. The van der Waals surface area contributed by atoms with Gasteiger partial charge in [-0.25, -0.2) is 0 Å². The van der Waals surface area contributed by atoms with Crippen LogP contribution in [0, 0.1) is 0 Å². The van der Waals surface area contributed by atoms with Gasteiger partial charge in [-0.1, -0.05) is 54.1 Å². The molecule has 0 radical (unpaired) electrons. The minimum absolute atomic E-state index is 0.0784. The zero-order valence-corrected chi connectivity index (χ0v) is 15.9. The van der Waals surface area contributed by atoms with Crippen molar-refractivity contribution in [1.29, 1.82) is 0 Å². The van der Waals surface area contributed by atoms with E-state index in [9.17, 15) is 0 Å². The molecule has 2 aromatic rings. The van der Waals surface area contributed by atoms with Crippen LogP contribution in [0.15, 0.2) is 54.6 Å². The highest BCUT2D eigenvalue weighted by Crippen LogP contribution is 2.23. The van der Waals surface area contributed by atoms with Gasteiger partial charge in [0, 0.05) is 11.6 Å². The third kappa shape index (κ3) is 6.88. The van der Waals surface area contributed by atoms with Crippen LogP contribution in [0.3, 0.4) is 0 Å². The van der Waals surface area contributed by atoms with Crippen LogP contribution in [0.4, 0.5) is 0 Å². The molecule has 0 aliphatic rings. The largest absolute Gasteiger partial charge is 0.409 e. The third-order valence-corrected chi connectivity index (χ3v) is 4.74. The first-order chi connectivity index (χ1) is 10.9. The van der Waals surface area contributed by atoms with Gasteiger partial charge in [0.1, 0.15) is 0 Å². The van der Waals surface area contributed by atoms with Gasteiger partial charge in [-0.15, -0.1) is 0 Å². The second-order valence-corrected chi connectivity index (χ2v) is 11.6. The van der Waals surface area contributed by atoms with Crippen LogP contribution in [-0.4, -0.2) is 21.4 Å². The van der Waals surface area contributed by atoms with Crippen molar-refractivity contribution in [3.05, 3.63) is 70.7 Å². The molecule has 0 aliphatic heterocycles. The normalized spacial score (nSPS) is 13.0. The monoisotopic (exact) mass is 347 g/mol. The van der Waals surface area contributed by atoms with Crippen molar-refractivity contribution in [3.8, 4) is 0 Å². The van der Waals surface area contributed by atoms with Crippen LogP contribution >= 0.6 is 11.6 Å². The molecule has 2 aromatic carbocycles. The van der Waals surface area contributed by atoms with Crippen LogP contribution in [0.5, 0.6) is 0 Å². The maximum absolute atomic E-state index is 6.35. The van der Waals surface area contributed by atoms with E-state index in [1.165, 1.54) is 11.1 Å². The molecule has 1 atom stereocenters. The molecule has 0 saturated carbocycles. The van der Waals surface area contributed by atoms with Crippen LogP contribution in [-0.2, 0) is 10.8 Å². The molecule has 0 unspecified atom stereocenters. The van der Waals surface area contributed by atoms with Gasteiger partial charge in [-0.3, -0.25) is 0 Å². The van der Waals surface area contributed by atoms with Crippen molar-refractivity contribution in [1.82, 2.24) is 5.32 Å². The summed E-state index contributed by atoms with van der Waals surface area (Å²) < 4.78 is 6.35. The maximum Gasteiger partial charge on any atom is 0.184 e. The van der Waals surface area contributed by atoms with Gasteiger partial charge in [-0.05, 0) is 55.9 Å². The van der Waals surface area contributed by atoms with Crippen LogP contribution in [0.2, 0.25) is 24.7 Å². The van der Waals surface area contributed by atoms with Gasteiger partial charge in [0.05, 0.1) is 6.10 Å². The molecule has 0 aromatic heterocycles. The molecule has 2 nitrogen and oxygen atoms in total. The molecule has 0 spiro atoms. The van der Waals surface area contributed by atoms with E-state index in [1.807, 2.05) is 12.1 Å². The standard InChI is InChI=1S/C19H26ClNOSi/c1-23(2,3)22-19(17-9-11-18(20)12-10-17)15-21-14-13-16-7-5-4-6-8-16/h4-12,19,21H,13-15H2,1-3H3/t19-/m1/s1. The van der Waals surface area contributed by atoms with Gasteiger partial charge in [-0.2, -0.15) is 0 Å². The van der Waals surface area contributed by atoms with Crippen molar-refractivity contribution in [2.75, 3.05) is 13.1 Å². The van der Waals surface area contributed by atoms with Crippen molar-refractivity contribution in [3.63, 3.8) is 0 Å². The molecule has 124 valence electrons. The predicted molar refractivity (Wildman–Crippen MR) is 102 cm³/mol. The summed E-state index contributed by atoms with van der Waals surface area (Å²) in [7, 11) is -1.61. The zero-order chi connectivity index (χ0) is 16.7.